The SMILES string of the molecule is COCCN(Cc1ccccc1)C(=O)C1CCN(S(=O)(=O)c2c(C)c(C)cc(C)c2C)CC1. The van der Waals surface area contributed by atoms with E-state index in [0.717, 1.165) is 27.8 Å². The molecule has 1 saturated heterocycles. The summed E-state index contributed by atoms with van der Waals surface area (Å²) in [6.07, 6.45) is 1.05. The maximum Gasteiger partial charge on any atom is 0.243 e. The van der Waals surface area contributed by atoms with E-state index in [-0.39, 0.29) is 11.8 Å². The Morgan fingerprint density at radius 3 is 2.15 bits per heavy atom. The molecule has 0 atom stereocenters. The van der Waals surface area contributed by atoms with Gasteiger partial charge >= 0.3 is 0 Å². The van der Waals surface area contributed by atoms with E-state index in [2.05, 4.69) is 0 Å². The zero-order valence-corrected chi connectivity index (χ0v) is 21.2. The fourth-order valence-corrected chi connectivity index (χ4v) is 6.62. The normalized spacial score (nSPS) is 15.5. The molecule has 0 radical (unpaired) electrons. The third kappa shape index (κ3) is 5.65. The van der Waals surface area contributed by atoms with E-state index in [1.807, 2.05) is 69.0 Å². The van der Waals surface area contributed by atoms with Crippen LogP contribution in [0.5, 0.6) is 0 Å². The fraction of sp³-hybridized carbons (Fsp3) is 0.500. The number of methoxy groups -OCH3 is 1. The van der Waals surface area contributed by atoms with E-state index in [1.54, 1.807) is 11.4 Å². The molecular formula is C26H36N2O4S. The van der Waals surface area contributed by atoms with Crippen molar-refractivity contribution in [2.45, 2.75) is 52.0 Å². The number of rotatable bonds is 8. The number of aryl methyl sites for hydroxylation is 2. The first-order valence-electron chi connectivity index (χ1n) is 11.6. The molecule has 1 aliphatic heterocycles. The molecule has 0 N–H and O–H groups in total. The number of carbonyl (C=O) groups is 1. The molecular weight excluding hydrogens is 436 g/mol. The summed E-state index contributed by atoms with van der Waals surface area (Å²) in [5.41, 5.74) is 4.66. The van der Waals surface area contributed by atoms with Crippen molar-refractivity contribution in [2.24, 2.45) is 5.92 Å². The summed E-state index contributed by atoms with van der Waals surface area (Å²) < 4.78 is 33.9. The minimum Gasteiger partial charge on any atom is -0.383 e. The predicted molar refractivity (Wildman–Crippen MR) is 131 cm³/mol. The van der Waals surface area contributed by atoms with Gasteiger partial charge in [-0.2, -0.15) is 4.31 Å². The van der Waals surface area contributed by atoms with Crippen LogP contribution in [0.1, 0.15) is 40.7 Å². The van der Waals surface area contributed by atoms with E-state index >= 15 is 0 Å². The third-order valence-corrected chi connectivity index (χ3v) is 8.96. The molecule has 7 heteroatoms. The second kappa shape index (κ2) is 10.8. The first-order valence-corrected chi connectivity index (χ1v) is 13.0. The Bertz CT molecular complexity index is 1050. The highest BCUT2D eigenvalue weighted by Crippen LogP contribution is 2.31. The maximum absolute atomic E-state index is 13.5. The second-order valence-corrected chi connectivity index (χ2v) is 10.9. The number of hydrogen-bond donors (Lipinski definition) is 0. The van der Waals surface area contributed by atoms with Gasteiger partial charge in [-0.3, -0.25) is 4.79 Å². The smallest absolute Gasteiger partial charge is 0.243 e. The van der Waals surface area contributed by atoms with Gasteiger partial charge in [0.15, 0.2) is 0 Å². The average Bonchev–Trinajstić information content (AvgIpc) is 2.81. The number of sulfonamides is 1. The molecule has 33 heavy (non-hydrogen) atoms. The molecule has 0 unspecified atom stereocenters. The van der Waals surface area contributed by atoms with Crippen molar-refractivity contribution in [3.05, 3.63) is 64.2 Å². The van der Waals surface area contributed by atoms with Crippen molar-refractivity contribution in [3.8, 4) is 0 Å². The standard InChI is InChI=1S/C26H36N2O4S/c1-19-17-20(2)22(4)25(21(19)3)33(30,31)28-13-11-24(12-14-28)26(29)27(15-16-32-5)18-23-9-7-6-8-10-23/h6-10,17,24H,11-16,18H2,1-5H3. The largest absolute Gasteiger partial charge is 0.383 e. The van der Waals surface area contributed by atoms with Gasteiger partial charge in [0.1, 0.15) is 0 Å². The highest BCUT2D eigenvalue weighted by molar-refractivity contribution is 7.89. The molecule has 1 aliphatic rings. The molecule has 1 fully saturated rings. The molecule has 1 heterocycles. The van der Waals surface area contributed by atoms with Crippen LogP contribution in [-0.2, 0) is 26.1 Å². The summed E-state index contributed by atoms with van der Waals surface area (Å²) in [6.45, 7) is 9.88. The predicted octanol–water partition coefficient (Wildman–Crippen LogP) is 4.00. The van der Waals surface area contributed by atoms with E-state index in [1.165, 1.54) is 0 Å². The number of carbonyl (C=O) groups excluding carboxylic acids is 1. The molecule has 1 amide bonds. The Morgan fingerprint density at radius 2 is 1.61 bits per heavy atom. The monoisotopic (exact) mass is 472 g/mol. The summed E-state index contributed by atoms with van der Waals surface area (Å²) in [5, 5.41) is 0. The van der Waals surface area contributed by atoms with Crippen molar-refractivity contribution >= 4 is 15.9 Å². The van der Waals surface area contributed by atoms with Gasteiger partial charge < -0.3 is 9.64 Å². The Hall–Kier alpha value is -2.22. The van der Waals surface area contributed by atoms with Crippen molar-refractivity contribution < 1.29 is 17.9 Å². The number of piperidine rings is 1. The van der Waals surface area contributed by atoms with Gasteiger partial charge in [-0.05, 0) is 68.4 Å². The summed E-state index contributed by atoms with van der Waals surface area (Å²) in [7, 11) is -1.98. The minimum atomic E-state index is -3.61. The van der Waals surface area contributed by atoms with Gasteiger partial charge in [-0.15, -0.1) is 0 Å². The lowest BCUT2D eigenvalue weighted by Gasteiger charge is -2.34. The maximum atomic E-state index is 13.5. The highest BCUT2D eigenvalue weighted by atomic mass is 32.2. The Morgan fingerprint density at radius 1 is 1.03 bits per heavy atom. The van der Waals surface area contributed by atoms with E-state index in [4.69, 9.17) is 4.74 Å². The lowest BCUT2D eigenvalue weighted by Crippen LogP contribution is -2.45. The molecule has 2 aromatic carbocycles. The fourth-order valence-electron chi connectivity index (χ4n) is 4.57. The molecule has 0 aliphatic carbocycles. The molecule has 3 rings (SSSR count). The molecule has 0 bridgehead atoms. The van der Waals surface area contributed by atoms with Gasteiger partial charge in [-0.1, -0.05) is 36.4 Å². The van der Waals surface area contributed by atoms with Crippen molar-refractivity contribution in [2.75, 3.05) is 33.4 Å². The average molecular weight is 473 g/mol. The Labute approximate surface area is 198 Å². The van der Waals surface area contributed by atoms with Crippen molar-refractivity contribution in [1.29, 1.82) is 0 Å². The van der Waals surface area contributed by atoms with Crippen LogP contribution in [0.3, 0.4) is 0 Å². The molecule has 0 saturated carbocycles. The van der Waals surface area contributed by atoms with E-state index in [0.29, 0.717) is 50.5 Å². The van der Waals surface area contributed by atoms with Crippen molar-refractivity contribution in [3.63, 3.8) is 0 Å². The minimum absolute atomic E-state index is 0.0757. The van der Waals surface area contributed by atoms with Crippen LogP contribution in [0.4, 0.5) is 0 Å². The van der Waals surface area contributed by atoms with Crippen LogP contribution in [0.25, 0.3) is 0 Å². The van der Waals surface area contributed by atoms with Crippen LogP contribution in [0.15, 0.2) is 41.3 Å². The van der Waals surface area contributed by atoms with E-state index < -0.39 is 10.0 Å². The lowest BCUT2D eigenvalue weighted by molar-refractivity contribution is -0.138. The number of nitrogens with zero attached hydrogens (tertiary/aromatic N) is 2. The third-order valence-electron chi connectivity index (χ3n) is 6.79. The highest BCUT2D eigenvalue weighted by Gasteiger charge is 2.35. The van der Waals surface area contributed by atoms with Crippen LogP contribution in [0, 0.1) is 33.6 Å². The Balaban J connectivity index is 1.73. The van der Waals surface area contributed by atoms with Crippen molar-refractivity contribution in [1.82, 2.24) is 9.21 Å². The Kier molecular flexibility index (Phi) is 8.32. The number of benzene rings is 2. The first kappa shape index (κ1) is 25.4. The quantitative estimate of drug-likeness (QED) is 0.583. The number of amides is 1. The summed E-state index contributed by atoms with van der Waals surface area (Å²) >= 11 is 0. The molecule has 6 nitrogen and oxygen atoms in total. The van der Waals surface area contributed by atoms with Gasteiger partial charge in [0.2, 0.25) is 15.9 Å². The van der Waals surface area contributed by atoms with Crippen LogP contribution >= 0.6 is 0 Å². The summed E-state index contributed by atoms with van der Waals surface area (Å²) in [4.78, 5) is 15.6. The zero-order chi connectivity index (χ0) is 24.2. The van der Waals surface area contributed by atoms with Crippen LogP contribution < -0.4 is 0 Å². The van der Waals surface area contributed by atoms with E-state index in [9.17, 15) is 13.2 Å². The van der Waals surface area contributed by atoms with Gasteiger partial charge in [-0.25, -0.2) is 8.42 Å². The summed E-state index contributed by atoms with van der Waals surface area (Å²) in [5.74, 6) is -0.106. The number of hydrogen-bond acceptors (Lipinski definition) is 4. The van der Waals surface area contributed by atoms with Gasteiger partial charge in [0.25, 0.3) is 0 Å². The first-order chi connectivity index (χ1) is 15.7. The van der Waals surface area contributed by atoms with Crippen LogP contribution in [0.2, 0.25) is 0 Å². The van der Waals surface area contributed by atoms with Crippen LogP contribution in [-0.4, -0.2) is 56.9 Å². The lowest BCUT2D eigenvalue weighted by atomic mass is 9.96. The second-order valence-electron chi connectivity index (χ2n) is 9.01. The van der Waals surface area contributed by atoms with Gasteiger partial charge in [0.05, 0.1) is 11.5 Å². The van der Waals surface area contributed by atoms with Gasteiger partial charge in [0, 0.05) is 39.2 Å². The molecule has 0 spiro atoms. The summed E-state index contributed by atoms with van der Waals surface area (Å²) in [6, 6.07) is 12.0. The zero-order valence-electron chi connectivity index (χ0n) is 20.4. The topological polar surface area (TPSA) is 66.9 Å². The number of ether oxygens (including phenoxy) is 1. The molecule has 0 aromatic heterocycles. The molecule has 2 aromatic rings. The molecule has 180 valence electrons.